The van der Waals surface area contributed by atoms with Gasteiger partial charge in [0.25, 0.3) is 0 Å². The van der Waals surface area contributed by atoms with Crippen molar-refractivity contribution in [2.45, 2.75) is 167 Å². The average molecular weight is 560 g/mol. The van der Waals surface area contributed by atoms with Gasteiger partial charge in [0.15, 0.2) is 0 Å². The molecule has 0 saturated carbocycles. The molecule has 0 aromatic rings. The molecule has 0 aliphatic rings. The van der Waals surface area contributed by atoms with Crippen LogP contribution in [0.4, 0.5) is 0 Å². The first-order valence-corrected chi connectivity index (χ1v) is 16.9. The van der Waals surface area contributed by atoms with Crippen molar-refractivity contribution in [3.63, 3.8) is 0 Å². The Hall–Kier alpha value is -1.65. The Balaban J connectivity index is 3.71. The molecule has 4 nitrogen and oxygen atoms in total. The predicted molar refractivity (Wildman–Crippen MR) is 175 cm³/mol. The van der Waals surface area contributed by atoms with E-state index in [1.807, 2.05) is 6.08 Å². The lowest BCUT2D eigenvalue weighted by Crippen LogP contribution is -2.45. The van der Waals surface area contributed by atoms with Crippen molar-refractivity contribution in [1.29, 1.82) is 0 Å². The Bertz CT molecular complexity index is 652. The molecule has 2 unspecified atom stereocenters. The molecule has 1 amide bonds. The number of allylic oxidation sites excluding steroid dienone is 7. The molecule has 0 spiro atoms. The smallest absolute Gasteiger partial charge is 0.220 e. The third kappa shape index (κ3) is 27.9. The van der Waals surface area contributed by atoms with E-state index in [0.717, 1.165) is 44.9 Å². The molecule has 0 fully saturated rings. The van der Waals surface area contributed by atoms with Gasteiger partial charge in [-0.25, -0.2) is 0 Å². The molecule has 0 aliphatic heterocycles. The largest absolute Gasteiger partial charge is 0.394 e. The van der Waals surface area contributed by atoms with Crippen molar-refractivity contribution in [1.82, 2.24) is 5.32 Å². The van der Waals surface area contributed by atoms with E-state index in [4.69, 9.17) is 0 Å². The van der Waals surface area contributed by atoms with Gasteiger partial charge in [0.05, 0.1) is 18.8 Å². The molecule has 0 aliphatic carbocycles. The number of aliphatic hydroxyl groups is 2. The van der Waals surface area contributed by atoms with Crippen LogP contribution in [0.1, 0.15) is 155 Å². The van der Waals surface area contributed by atoms with Crippen molar-refractivity contribution in [3.05, 3.63) is 48.6 Å². The van der Waals surface area contributed by atoms with Crippen LogP contribution in [-0.4, -0.2) is 34.9 Å². The van der Waals surface area contributed by atoms with Crippen LogP contribution >= 0.6 is 0 Å². The second-order valence-corrected chi connectivity index (χ2v) is 11.2. The number of hydrogen-bond acceptors (Lipinski definition) is 3. The van der Waals surface area contributed by atoms with Crippen molar-refractivity contribution >= 4 is 5.91 Å². The van der Waals surface area contributed by atoms with Gasteiger partial charge < -0.3 is 15.5 Å². The van der Waals surface area contributed by atoms with Gasteiger partial charge in [0.1, 0.15) is 0 Å². The highest BCUT2D eigenvalue weighted by Gasteiger charge is 2.17. The normalized spacial score (nSPS) is 13.8. The second kappa shape index (κ2) is 31.9. The summed E-state index contributed by atoms with van der Waals surface area (Å²) in [5, 5.41) is 22.7. The number of carbonyl (C=O) groups excluding carboxylic acids is 1. The van der Waals surface area contributed by atoms with Crippen LogP contribution in [-0.2, 0) is 4.79 Å². The first kappa shape index (κ1) is 38.4. The standard InChI is InChI=1S/C36H65NO3/c1-3-5-7-9-11-13-15-16-17-18-19-20-22-24-26-28-30-32-36(40)37-34(33-38)35(39)31-29-27-25-23-21-14-12-10-8-6-4-2/h11,13,16-17,21,23,29,31,34-35,38-39H,3-10,12,14-15,18-20,22,24-28,30,32-33H2,1-2H3,(H,37,40)/b13-11-,17-16-,23-21+,31-29+. The fourth-order valence-corrected chi connectivity index (χ4v) is 4.63. The van der Waals surface area contributed by atoms with E-state index >= 15 is 0 Å². The van der Waals surface area contributed by atoms with Crippen LogP contribution < -0.4 is 5.32 Å². The molecule has 2 atom stereocenters. The maximum Gasteiger partial charge on any atom is 0.220 e. The van der Waals surface area contributed by atoms with Gasteiger partial charge in [0.2, 0.25) is 5.91 Å². The van der Waals surface area contributed by atoms with Gasteiger partial charge >= 0.3 is 0 Å². The Kier molecular flexibility index (Phi) is 30.6. The van der Waals surface area contributed by atoms with Gasteiger partial charge in [-0.1, -0.05) is 133 Å². The Morgan fingerprint density at radius 1 is 0.600 bits per heavy atom. The Labute approximate surface area is 248 Å². The summed E-state index contributed by atoms with van der Waals surface area (Å²) in [6.45, 7) is 4.22. The fourth-order valence-electron chi connectivity index (χ4n) is 4.63. The summed E-state index contributed by atoms with van der Waals surface area (Å²) in [6, 6.07) is -0.640. The molecule has 0 bridgehead atoms. The van der Waals surface area contributed by atoms with E-state index in [9.17, 15) is 15.0 Å². The minimum absolute atomic E-state index is 0.0871. The SMILES string of the molecule is CCCCC/C=C\C/C=C\CCCCCCCCCC(=O)NC(CO)C(O)/C=C/CC/C=C/CCCCCCC. The fraction of sp³-hybridized carbons (Fsp3) is 0.750. The summed E-state index contributed by atoms with van der Waals surface area (Å²) in [7, 11) is 0. The zero-order valence-electron chi connectivity index (χ0n) is 26.3. The lowest BCUT2D eigenvalue weighted by molar-refractivity contribution is -0.123. The molecule has 232 valence electrons. The van der Waals surface area contributed by atoms with E-state index in [-0.39, 0.29) is 12.5 Å². The molecule has 0 saturated heterocycles. The lowest BCUT2D eigenvalue weighted by atomic mass is 10.1. The first-order valence-electron chi connectivity index (χ1n) is 16.9. The summed E-state index contributed by atoms with van der Waals surface area (Å²) in [5.41, 5.74) is 0. The van der Waals surface area contributed by atoms with E-state index in [1.54, 1.807) is 6.08 Å². The number of rotatable bonds is 29. The van der Waals surface area contributed by atoms with Gasteiger partial charge in [-0.2, -0.15) is 0 Å². The number of nitrogens with one attached hydrogen (secondary N) is 1. The molecule has 40 heavy (non-hydrogen) atoms. The number of hydrogen-bond donors (Lipinski definition) is 3. The highest BCUT2D eigenvalue weighted by Crippen LogP contribution is 2.11. The summed E-state index contributed by atoms with van der Waals surface area (Å²) in [5.74, 6) is -0.0871. The summed E-state index contributed by atoms with van der Waals surface area (Å²) in [6.07, 6.45) is 41.8. The summed E-state index contributed by atoms with van der Waals surface area (Å²) in [4.78, 5) is 12.3. The maximum atomic E-state index is 12.3. The minimum Gasteiger partial charge on any atom is -0.394 e. The first-order chi connectivity index (χ1) is 19.7. The van der Waals surface area contributed by atoms with Crippen LogP contribution in [0.3, 0.4) is 0 Å². The molecular weight excluding hydrogens is 494 g/mol. The molecule has 0 heterocycles. The van der Waals surface area contributed by atoms with E-state index < -0.39 is 12.1 Å². The Morgan fingerprint density at radius 2 is 1.05 bits per heavy atom. The van der Waals surface area contributed by atoms with Gasteiger partial charge in [0, 0.05) is 6.42 Å². The average Bonchev–Trinajstić information content (AvgIpc) is 2.96. The number of aliphatic hydroxyl groups excluding tert-OH is 2. The van der Waals surface area contributed by atoms with Crippen LogP contribution in [0.5, 0.6) is 0 Å². The van der Waals surface area contributed by atoms with E-state index in [2.05, 4.69) is 55.6 Å². The molecular formula is C36H65NO3. The third-order valence-electron chi connectivity index (χ3n) is 7.28. The highest BCUT2D eigenvalue weighted by molar-refractivity contribution is 5.76. The number of unbranched alkanes of at least 4 members (excludes halogenated alkanes) is 16. The van der Waals surface area contributed by atoms with E-state index in [0.29, 0.717) is 6.42 Å². The zero-order chi connectivity index (χ0) is 29.4. The van der Waals surface area contributed by atoms with Crippen LogP contribution in [0, 0.1) is 0 Å². The van der Waals surface area contributed by atoms with Crippen LogP contribution in [0.2, 0.25) is 0 Å². The van der Waals surface area contributed by atoms with Crippen molar-refractivity contribution in [2.24, 2.45) is 0 Å². The van der Waals surface area contributed by atoms with Gasteiger partial charge in [-0.15, -0.1) is 0 Å². The highest BCUT2D eigenvalue weighted by atomic mass is 16.3. The molecule has 0 radical (unpaired) electrons. The lowest BCUT2D eigenvalue weighted by Gasteiger charge is -2.19. The van der Waals surface area contributed by atoms with Crippen LogP contribution in [0.15, 0.2) is 48.6 Å². The third-order valence-corrected chi connectivity index (χ3v) is 7.28. The number of carbonyl (C=O) groups is 1. The quantitative estimate of drug-likeness (QED) is 0.0631. The Morgan fingerprint density at radius 3 is 1.65 bits per heavy atom. The van der Waals surface area contributed by atoms with E-state index in [1.165, 1.54) is 89.9 Å². The maximum absolute atomic E-state index is 12.3. The summed E-state index contributed by atoms with van der Waals surface area (Å²) < 4.78 is 0. The molecule has 0 aromatic heterocycles. The zero-order valence-corrected chi connectivity index (χ0v) is 26.3. The topological polar surface area (TPSA) is 69.6 Å². The van der Waals surface area contributed by atoms with Crippen LogP contribution in [0.25, 0.3) is 0 Å². The van der Waals surface area contributed by atoms with Crippen molar-refractivity contribution < 1.29 is 15.0 Å². The van der Waals surface area contributed by atoms with Crippen molar-refractivity contribution in [3.8, 4) is 0 Å². The van der Waals surface area contributed by atoms with Crippen molar-refractivity contribution in [2.75, 3.05) is 6.61 Å². The predicted octanol–water partition coefficient (Wildman–Crippen LogP) is 9.67. The second-order valence-electron chi connectivity index (χ2n) is 11.2. The molecule has 0 rings (SSSR count). The molecule has 0 aromatic carbocycles. The monoisotopic (exact) mass is 559 g/mol. The van der Waals surface area contributed by atoms with Gasteiger partial charge in [-0.05, 0) is 64.2 Å². The minimum atomic E-state index is -0.863. The molecule has 4 heteroatoms. The summed E-state index contributed by atoms with van der Waals surface area (Å²) >= 11 is 0. The molecule has 3 N–H and O–H groups in total. The number of amides is 1. The van der Waals surface area contributed by atoms with Gasteiger partial charge in [-0.3, -0.25) is 4.79 Å².